The number of carboxylic acid groups (broad SMARTS) is 1. The third-order valence-corrected chi connectivity index (χ3v) is 3.39. The van der Waals surface area contributed by atoms with Gasteiger partial charge < -0.3 is 5.11 Å². The van der Waals surface area contributed by atoms with Crippen molar-refractivity contribution in [2.24, 2.45) is 0 Å². The van der Waals surface area contributed by atoms with E-state index in [0.717, 1.165) is 0 Å². The van der Waals surface area contributed by atoms with Crippen molar-refractivity contribution in [1.29, 1.82) is 5.26 Å². The third kappa shape index (κ3) is 3.63. The summed E-state index contributed by atoms with van der Waals surface area (Å²) >= 11 is 11.9. The van der Waals surface area contributed by atoms with Crippen LogP contribution in [0.4, 0.5) is 0 Å². The molecule has 3 nitrogen and oxygen atoms in total. The van der Waals surface area contributed by atoms with Crippen LogP contribution in [-0.2, 0) is 0 Å². The Morgan fingerprint density at radius 2 is 1.71 bits per heavy atom. The van der Waals surface area contributed by atoms with Gasteiger partial charge in [0.25, 0.3) is 0 Å². The molecule has 2 rings (SSSR count). The molecule has 1 N–H and O–H groups in total. The summed E-state index contributed by atoms with van der Waals surface area (Å²) in [7, 11) is 0. The van der Waals surface area contributed by atoms with Crippen molar-refractivity contribution in [3.8, 4) is 6.07 Å². The van der Waals surface area contributed by atoms with Gasteiger partial charge in [0.05, 0.1) is 17.2 Å². The van der Waals surface area contributed by atoms with E-state index < -0.39 is 5.97 Å². The highest BCUT2D eigenvalue weighted by Crippen LogP contribution is 2.25. The second kappa shape index (κ2) is 6.45. The largest absolute Gasteiger partial charge is 0.478 e. The molecular weight excluding hydrogens is 309 g/mol. The summed E-state index contributed by atoms with van der Waals surface area (Å²) in [5.41, 5.74) is 1.84. The number of nitriles is 1. The minimum absolute atomic E-state index is 0.167. The SMILES string of the molecule is N#CC(=Cc1ccc(Cl)cc1Cl)c1ccc(C(=O)O)cc1. The Hall–Kier alpha value is -2.28. The number of benzene rings is 2. The van der Waals surface area contributed by atoms with E-state index in [1.54, 1.807) is 36.4 Å². The van der Waals surface area contributed by atoms with Gasteiger partial charge in [-0.3, -0.25) is 0 Å². The van der Waals surface area contributed by atoms with Crippen LogP contribution < -0.4 is 0 Å². The molecule has 0 atom stereocenters. The number of aromatic carboxylic acids is 1. The molecule has 0 unspecified atom stereocenters. The number of rotatable bonds is 3. The molecular formula is C16H9Cl2NO2. The Morgan fingerprint density at radius 1 is 1.10 bits per heavy atom. The van der Waals surface area contributed by atoms with Crippen LogP contribution in [0.1, 0.15) is 21.5 Å². The quantitative estimate of drug-likeness (QED) is 0.656. The molecule has 0 amide bonds. The molecule has 104 valence electrons. The Morgan fingerprint density at radius 3 is 2.24 bits per heavy atom. The molecule has 0 heterocycles. The van der Waals surface area contributed by atoms with Gasteiger partial charge in [-0.05, 0) is 41.5 Å². The number of hydrogen-bond donors (Lipinski definition) is 1. The van der Waals surface area contributed by atoms with Crippen molar-refractivity contribution in [1.82, 2.24) is 0 Å². The van der Waals surface area contributed by atoms with E-state index in [9.17, 15) is 10.1 Å². The van der Waals surface area contributed by atoms with Gasteiger partial charge in [-0.25, -0.2) is 4.79 Å². The van der Waals surface area contributed by atoms with Crippen LogP contribution in [0.2, 0.25) is 10.0 Å². The summed E-state index contributed by atoms with van der Waals surface area (Å²) < 4.78 is 0. The molecule has 0 fully saturated rings. The lowest BCUT2D eigenvalue weighted by atomic mass is 10.0. The van der Waals surface area contributed by atoms with Crippen molar-refractivity contribution >= 4 is 40.8 Å². The molecule has 0 radical (unpaired) electrons. The smallest absolute Gasteiger partial charge is 0.335 e. The zero-order chi connectivity index (χ0) is 15.4. The number of allylic oxidation sites excluding steroid dienone is 1. The highest BCUT2D eigenvalue weighted by Gasteiger charge is 2.06. The zero-order valence-electron chi connectivity index (χ0n) is 10.7. The lowest BCUT2D eigenvalue weighted by Crippen LogP contribution is -1.95. The molecule has 0 aromatic heterocycles. The fourth-order valence-corrected chi connectivity index (χ4v) is 2.21. The maximum absolute atomic E-state index is 10.8. The van der Waals surface area contributed by atoms with Crippen LogP contribution in [0.5, 0.6) is 0 Å². The standard InChI is InChI=1S/C16H9Cl2NO2/c17-14-6-5-12(15(18)8-14)7-13(9-19)10-1-3-11(4-2-10)16(20)21/h1-8H,(H,20,21). The molecule has 0 saturated carbocycles. The van der Waals surface area contributed by atoms with Gasteiger partial charge in [0.15, 0.2) is 0 Å². The topological polar surface area (TPSA) is 61.1 Å². The monoisotopic (exact) mass is 317 g/mol. The van der Waals surface area contributed by atoms with Crippen LogP contribution in [0.15, 0.2) is 42.5 Å². The first kappa shape index (κ1) is 15.1. The van der Waals surface area contributed by atoms with Gasteiger partial charge >= 0.3 is 5.97 Å². The normalized spacial score (nSPS) is 11.0. The van der Waals surface area contributed by atoms with Crippen LogP contribution in [0.3, 0.4) is 0 Å². The Bertz CT molecular complexity index is 759. The van der Waals surface area contributed by atoms with E-state index >= 15 is 0 Å². The molecule has 0 bridgehead atoms. The average molecular weight is 318 g/mol. The molecule has 0 saturated heterocycles. The zero-order valence-corrected chi connectivity index (χ0v) is 12.2. The summed E-state index contributed by atoms with van der Waals surface area (Å²) in [6.07, 6.45) is 1.63. The summed E-state index contributed by atoms with van der Waals surface area (Å²) in [6.45, 7) is 0. The van der Waals surface area contributed by atoms with Crippen LogP contribution in [-0.4, -0.2) is 11.1 Å². The molecule has 0 aliphatic rings. The summed E-state index contributed by atoms with van der Waals surface area (Å²) in [5, 5.41) is 19.1. The Labute approximate surface area is 131 Å². The number of hydrogen-bond acceptors (Lipinski definition) is 2. The second-order valence-corrected chi connectivity index (χ2v) is 5.06. The number of halogens is 2. The second-order valence-electron chi connectivity index (χ2n) is 4.22. The minimum Gasteiger partial charge on any atom is -0.478 e. The first-order valence-corrected chi connectivity index (χ1v) is 6.67. The summed E-state index contributed by atoms with van der Waals surface area (Å²) in [6, 6.07) is 13.1. The third-order valence-electron chi connectivity index (χ3n) is 2.83. The molecule has 0 aliphatic carbocycles. The minimum atomic E-state index is -1.01. The van der Waals surface area contributed by atoms with Gasteiger partial charge in [-0.1, -0.05) is 41.4 Å². The van der Waals surface area contributed by atoms with Crippen molar-refractivity contribution in [2.45, 2.75) is 0 Å². The Kier molecular flexibility index (Phi) is 4.64. The maximum Gasteiger partial charge on any atom is 0.335 e. The van der Waals surface area contributed by atoms with E-state index in [2.05, 4.69) is 6.07 Å². The highest BCUT2D eigenvalue weighted by molar-refractivity contribution is 6.35. The fourth-order valence-electron chi connectivity index (χ4n) is 1.75. The number of carbonyl (C=O) groups is 1. The van der Waals surface area contributed by atoms with Gasteiger partial charge in [-0.15, -0.1) is 0 Å². The number of nitrogens with zero attached hydrogens (tertiary/aromatic N) is 1. The summed E-state index contributed by atoms with van der Waals surface area (Å²) in [5.74, 6) is -1.01. The number of carboxylic acids is 1. The van der Waals surface area contributed by atoms with Gasteiger partial charge in [0.2, 0.25) is 0 Å². The highest BCUT2D eigenvalue weighted by atomic mass is 35.5. The lowest BCUT2D eigenvalue weighted by molar-refractivity contribution is 0.0697. The molecule has 21 heavy (non-hydrogen) atoms. The predicted molar refractivity (Wildman–Crippen MR) is 83.3 cm³/mol. The summed E-state index contributed by atoms with van der Waals surface area (Å²) in [4.78, 5) is 10.8. The lowest BCUT2D eigenvalue weighted by Gasteiger charge is -2.03. The van der Waals surface area contributed by atoms with Gasteiger partial charge in [-0.2, -0.15) is 5.26 Å². The van der Waals surface area contributed by atoms with E-state index in [1.807, 2.05) is 0 Å². The van der Waals surface area contributed by atoms with Crippen LogP contribution >= 0.6 is 23.2 Å². The molecule has 5 heteroatoms. The van der Waals surface area contributed by atoms with Crippen molar-refractivity contribution in [3.05, 3.63) is 69.2 Å². The van der Waals surface area contributed by atoms with Gasteiger partial charge in [0.1, 0.15) is 0 Å². The predicted octanol–water partition coefficient (Wildman–Crippen LogP) is 4.76. The van der Waals surface area contributed by atoms with Crippen LogP contribution in [0.25, 0.3) is 11.6 Å². The first-order valence-electron chi connectivity index (χ1n) is 5.92. The molecule has 2 aromatic carbocycles. The van der Waals surface area contributed by atoms with Crippen molar-refractivity contribution in [3.63, 3.8) is 0 Å². The van der Waals surface area contributed by atoms with Crippen molar-refractivity contribution in [2.75, 3.05) is 0 Å². The molecule has 0 aliphatic heterocycles. The Balaban J connectivity index is 2.41. The van der Waals surface area contributed by atoms with E-state index in [-0.39, 0.29) is 5.56 Å². The van der Waals surface area contributed by atoms with E-state index in [4.69, 9.17) is 28.3 Å². The van der Waals surface area contributed by atoms with Crippen LogP contribution in [0, 0.1) is 11.3 Å². The average Bonchev–Trinajstić information content (AvgIpc) is 2.47. The van der Waals surface area contributed by atoms with E-state index in [1.165, 1.54) is 12.1 Å². The molecule has 0 spiro atoms. The van der Waals surface area contributed by atoms with Crippen molar-refractivity contribution < 1.29 is 9.90 Å². The fraction of sp³-hybridized carbons (Fsp3) is 0. The molecule has 2 aromatic rings. The van der Waals surface area contributed by atoms with Gasteiger partial charge in [0, 0.05) is 10.0 Å². The maximum atomic E-state index is 10.8. The van der Waals surface area contributed by atoms with E-state index in [0.29, 0.717) is 26.7 Å². The first-order chi connectivity index (χ1) is 10.0.